The van der Waals surface area contributed by atoms with Gasteiger partial charge in [-0.1, -0.05) is 42.0 Å². The molecular weight excluding hydrogens is 410 g/mol. The summed E-state index contributed by atoms with van der Waals surface area (Å²) in [6.07, 6.45) is 0. The molecule has 1 unspecified atom stereocenters. The van der Waals surface area contributed by atoms with Crippen LogP contribution in [0.4, 0.5) is 5.69 Å². The lowest BCUT2D eigenvalue weighted by Gasteiger charge is -2.25. The molecule has 3 rings (SSSR count). The zero-order chi connectivity index (χ0) is 23.4. The fraction of sp³-hybridized carbons (Fsp3) is 0.261. The Kier molecular flexibility index (Phi) is 6.79. The summed E-state index contributed by atoms with van der Waals surface area (Å²) in [6, 6.07) is 15.2. The fourth-order valence-electron chi connectivity index (χ4n) is 3.41. The molecule has 0 aliphatic carbocycles. The number of nitro groups is 1. The fourth-order valence-corrected chi connectivity index (χ4v) is 3.41. The second-order valence-corrected chi connectivity index (χ2v) is 7.76. The highest BCUT2D eigenvalue weighted by molar-refractivity contribution is 5.92. The molecule has 0 spiro atoms. The molecule has 1 amide bonds. The van der Waals surface area contributed by atoms with Crippen molar-refractivity contribution in [1.29, 1.82) is 0 Å². The molecule has 0 fully saturated rings. The van der Waals surface area contributed by atoms with Crippen LogP contribution < -0.4 is 10.7 Å². The van der Waals surface area contributed by atoms with E-state index in [-0.39, 0.29) is 29.7 Å². The Hall–Kier alpha value is -3.85. The average molecular weight is 435 g/mol. The highest BCUT2D eigenvalue weighted by Gasteiger charge is 2.21. The number of amides is 1. The lowest BCUT2D eigenvalue weighted by molar-refractivity contribution is -0.384. The molecule has 0 aliphatic heterocycles. The van der Waals surface area contributed by atoms with Gasteiger partial charge in [-0.3, -0.25) is 19.7 Å². The van der Waals surface area contributed by atoms with Crippen LogP contribution in [0.5, 0.6) is 0 Å². The van der Waals surface area contributed by atoms with E-state index >= 15 is 0 Å². The van der Waals surface area contributed by atoms with Gasteiger partial charge >= 0.3 is 0 Å². The lowest BCUT2D eigenvalue weighted by atomic mass is 10.0. The number of aromatic nitrogens is 2. The zero-order valence-corrected chi connectivity index (χ0v) is 18.4. The Morgan fingerprint density at radius 1 is 1.16 bits per heavy atom. The Bertz CT molecular complexity index is 1200. The van der Waals surface area contributed by atoms with Gasteiger partial charge in [0.15, 0.2) is 5.69 Å². The lowest BCUT2D eigenvalue weighted by Crippen LogP contribution is -2.37. The van der Waals surface area contributed by atoms with Gasteiger partial charge in [-0.05, 0) is 39.6 Å². The van der Waals surface area contributed by atoms with Gasteiger partial charge in [0.2, 0.25) is 5.43 Å². The Labute approximate surface area is 185 Å². The van der Waals surface area contributed by atoms with Gasteiger partial charge in [0.25, 0.3) is 11.6 Å². The van der Waals surface area contributed by atoms with E-state index in [1.54, 1.807) is 19.1 Å². The average Bonchev–Trinajstić information content (AvgIpc) is 2.75. The second kappa shape index (κ2) is 9.52. The predicted molar refractivity (Wildman–Crippen MR) is 121 cm³/mol. The molecule has 0 radical (unpaired) electrons. The van der Waals surface area contributed by atoms with E-state index in [0.29, 0.717) is 5.69 Å². The highest BCUT2D eigenvalue weighted by atomic mass is 16.6. The third-order valence-corrected chi connectivity index (χ3v) is 5.17. The van der Waals surface area contributed by atoms with Crippen LogP contribution in [0, 0.1) is 24.0 Å². The molecule has 1 heterocycles. The SMILES string of the molecule is Cc1ccc(C(CNC(=O)c2nn(-c3ccccc3[N+](=O)[O-])c(C)cc2=O)N(C)C)cc1. The number of carbonyl (C=O) groups is 1. The van der Waals surface area contributed by atoms with Crippen LogP contribution in [-0.4, -0.2) is 46.2 Å². The number of nitrogens with zero attached hydrogens (tertiary/aromatic N) is 4. The van der Waals surface area contributed by atoms with E-state index in [2.05, 4.69) is 10.4 Å². The van der Waals surface area contributed by atoms with Crippen molar-refractivity contribution in [2.24, 2.45) is 0 Å². The number of nitro benzene ring substituents is 1. The first-order valence-electron chi connectivity index (χ1n) is 10.0. The van der Waals surface area contributed by atoms with Crippen LogP contribution in [0.25, 0.3) is 5.69 Å². The van der Waals surface area contributed by atoms with Crippen LogP contribution in [0.1, 0.15) is 33.4 Å². The highest BCUT2D eigenvalue weighted by Crippen LogP contribution is 2.22. The summed E-state index contributed by atoms with van der Waals surface area (Å²) in [4.78, 5) is 38.2. The smallest absolute Gasteiger partial charge is 0.294 e. The van der Waals surface area contributed by atoms with Crippen LogP contribution in [0.15, 0.2) is 59.4 Å². The second-order valence-electron chi connectivity index (χ2n) is 7.76. The minimum atomic E-state index is -0.638. The van der Waals surface area contributed by atoms with E-state index < -0.39 is 16.3 Å². The monoisotopic (exact) mass is 435 g/mol. The standard InChI is InChI=1S/C23H25N5O4/c1-15-9-11-17(12-10-15)20(26(3)4)14-24-23(30)22-21(29)13-16(2)27(25-22)18-7-5-6-8-19(18)28(31)32/h5-13,20H,14H2,1-4H3,(H,24,30). The van der Waals surface area contributed by atoms with E-state index in [0.717, 1.165) is 11.1 Å². The molecule has 9 heteroatoms. The number of hydrogen-bond acceptors (Lipinski definition) is 6. The zero-order valence-electron chi connectivity index (χ0n) is 18.4. The van der Waals surface area contributed by atoms with Crippen molar-refractivity contribution < 1.29 is 9.72 Å². The molecule has 1 aromatic heterocycles. The summed E-state index contributed by atoms with van der Waals surface area (Å²) in [5.41, 5.74) is 1.67. The number of carbonyl (C=O) groups excluding carboxylic acids is 1. The van der Waals surface area contributed by atoms with Crippen molar-refractivity contribution in [3.05, 3.63) is 97.4 Å². The van der Waals surface area contributed by atoms with Gasteiger partial charge < -0.3 is 10.2 Å². The molecule has 32 heavy (non-hydrogen) atoms. The largest absolute Gasteiger partial charge is 0.349 e. The first kappa shape index (κ1) is 22.8. The topological polar surface area (TPSA) is 110 Å². The number of nitrogens with one attached hydrogen (secondary N) is 1. The number of rotatable bonds is 7. The molecule has 0 bridgehead atoms. The van der Waals surface area contributed by atoms with Crippen molar-refractivity contribution in [1.82, 2.24) is 20.0 Å². The Morgan fingerprint density at radius 3 is 2.44 bits per heavy atom. The van der Waals surface area contributed by atoms with Gasteiger partial charge in [-0.25, -0.2) is 4.68 Å². The maximum atomic E-state index is 12.9. The molecule has 166 valence electrons. The molecule has 3 aromatic rings. The number of aryl methyl sites for hydroxylation is 2. The molecule has 2 aromatic carbocycles. The van der Waals surface area contributed by atoms with E-state index in [9.17, 15) is 19.7 Å². The number of likely N-dealkylation sites (N-methyl/N-ethyl adjacent to an activating group) is 1. The minimum absolute atomic E-state index is 0.109. The van der Waals surface area contributed by atoms with E-state index in [4.69, 9.17) is 0 Å². The quantitative estimate of drug-likeness (QED) is 0.451. The Morgan fingerprint density at radius 2 is 1.81 bits per heavy atom. The number of para-hydroxylation sites is 2. The van der Waals surface area contributed by atoms with Gasteiger partial charge in [-0.15, -0.1) is 0 Å². The number of benzene rings is 2. The minimum Gasteiger partial charge on any atom is -0.349 e. The molecule has 1 N–H and O–H groups in total. The maximum Gasteiger partial charge on any atom is 0.294 e. The summed E-state index contributed by atoms with van der Waals surface area (Å²) >= 11 is 0. The van der Waals surface area contributed by atoms with Crippen molar-refractivity contribution in [3.63, 3.8) is 0 Å². The number of hydrogen-bond donors (Lipinski definition) is 1. The van der Waals surface area contributed by atoms with Crippen LogP contribution in [0.3, 0.4) is 0 Å². The van der Waals surface area contributed by atoms with Crippen LogP contribution in [-0.2, 0) is 0 Å². The first-order chi connectivity index (χ1) is 15.2. The summed E-state index contributed by atoms with van der Waals surface area (Å²) in [5, 5.41) is 18.4. The third-order valence-electron chi connectivity index (χ3n) is 5.17. The molecular formula is C23H25N5O4. The van der Waals surface area contributed by atoms with Gasteiger partial charge in [0, 0.05) is 24.4 Å². The summed E-state index contributed by atoms with van der Waals surface area (Å²) in [7, 11) is 3.81. The molecule has 0 saturated carbocycles. The van der Waals surface area contributed by atoms with Crippen molar-refractivity contribution in [3.8, 4) is 5.69 Å². The maximum absolute atomic E-state index is 12.9. The summed E-state index contributed by atoms with van der Waals surface area (Å²) < 4.78 is 1.25. The van der Waals surface area contributed by atoms with Crippen molar-refractivity contribution >= 4 is 11.6 Å². The van der Waals surface area contributed by atoms with Gasteiger partial charge in [0.1, 0.15) is 5.69 Å². The van der Waals surface area contributed by atoms with Gasteiger partial charge in [-0.2, -0.15) is 5.10 Å². The van der Waals surface area contributed by atoms with Crippen molar-refractivity contribution in [2.75, 3.05) is 20.6 Å². The molecule has 0 saturated heterocycles. The molecule has 9 nitrogen and oxygen atoms in total. The van der Waals surface area contributed by atoms with Gasteiger partial charge in [0.05, 0.1) is 11.0 Å². The molecule has 0 aliphatic rings. The Balaban J connectivity index is 1.90. The predicted octanol–water partition coefficient (Wildman–Crippen LogP) is 2.79. The summed E-state index contributed by atoms with van der Waals surface area (Å²) in [6.45, 7) is 3.86. The van der Waals surface area contributed by atoms with Crippen LogP contribution >= 0.6 is 0 Å². The van der Waals surface area contributed by atoms with Crippen LogP contribution in [0.2, 0.25) is 0 Å². The normalized spacial score (nSPS) is 11.9. The summed E-state index contributed by atoms with van der Waals surface area (Å²) in [5.74, 6) is -0.638. The van der Waals surface area contributed by atoms with Crippen molar-refractivity contribution in [2.45, 2.75) is 19.9 Å². The van der Waals surface area contributed by atoms with E-state index in [1.165, 1.54) is 22.9 Å². The molecule has 1 atom stereocenters. The first-order valence-corrected chi connectivity index (χ1v) is 10.0. The van der Waals surface area contributed by atoms with E-state index in [1.807, 2.05) is 50.2 Å². The third kappa shape index (κ3) is 4.89.